The summed E-state index contributed by atoms with van der Waals surface area (Å²) in [6, 6.07) is 16.7. The minimum Gasteiger partial charge on any atom is -0.435 e. The molecule has 1 N–H and O–H groups in total. The first-order chi connectivity index (χ1) is 13.6. The molecule has 0 radical (unpaired) electrons. The summed E-state index contributed by atoms with van der Waals surface area (Å²) in [4.78, 5) is 10.7. The number of aromatic nitrogens is 1. The van der Waals surface area contributed by atoms with Crippen LogP contribution in [0.5, 0.6) is 5.75 Å². The van der Waals surface area contributed by atoms with Gasteiger partial charge in [0, 0.05) is 32.2 Å². The summed E-state index contributed by atoms with van der Waals surface area (Å²) in [5.74, 6) is 0.855. The van der Waals surface area contributed by atoms with Crippen LogP contribution >= 0.6 is 24.0 Å². The zero-order valence-corrected chi connectivity index (χ0v) is 18.5. The smallest absolute Gasteiger partial charge is 0.387 e. The van der Waals surface area contributed by atoms with Crippen molar-refractivity contribution in [3.05, 3.63) is 72.1 Å². The van der Waals surface area contributed by atoms with Crippen LogP contribution in [0.3, 0.4) is 0 Å². The van der Waals surface area contributed by atoms with Crippen LogP contribution < -0.4 is 10.1 Å². The van der Waals surface area contributed by atoms with Gasteiger partial charge in [-0.25, -0.2) is 0 Å². The zero-order valence-electron chi connectivity index (χ0n) is 16.2. The molecule has 8 heteroatoms. The van der Waals surface area contributed by atoms with E-state index in [1.165, 1.54) is 12.1 Å². The largest absolute Gasteiger partial charge is 0.435 e. The van der Waals surface area contributed by atoms with E-state index in [1.54, 1.807) is 25.4 Å². The number of aliphatic imine (C=N–C) groups is 1. The van der Waals surface area contributed by atoms with Crippen molar-refractivity contribution in [2.75, 3.05) is 14.1 Å². The number of nitrogens with zero attached hydrogens (tertiary/aromatic N) is 3. The van der Waals surface area contributed by atoms with E-state index in [9.17, 15) is 8.78 Å². The molecule has 0 unspecified atom stereocenters. The third-order valence-electron chi connectivity index (χ3n) is 4.31. The van der Waals surface area contributed by atoms with Crippen LogP contribution in [-0.4, -0.2) is 36.6 Å². The minimum absolute atomic E-state index is 0. The number of halogens is 3. The summed E-state index contributed by atoms with van der Waals surface area (Å²) in [6.07, 6.45) is 1.80. The van der Waals surface area contributed by atoms with E-state index < -0.39 is 6.61 Å². The van der Waals surface area contributed by atoms with Crippen molar-refractivity contribution in [1.82, 2.24) is 15.2 Å². The van der Waals surface area contributed by atoms with Crippen molar-refractivity contribution in [2.45, 2.75) is 19.7 Å². The normalized spacial score (nSPS) is 11.3. The molecule has 0 bridgehead atoms. The van der Waals surface area contributed by atoms with E-state index in [0.29, 0.717) is 19.0 Å². The maximum Gasteiger partial charge on any atom is 0.387 e. The van der Waals surface area contributed by atoms with Gasteiger partial charge >= 0.3 is 6.61 Å². The van der Waals surface area contributed by atoms with Crippen LogP contribution in [0.25, 0.3) is 10.8 Å². The molecule has 29 heavy (non-hydrogen) atoms. The molecule has 3 aromatic rings. The second kappa shape index (κ2) is 10.9. The van der Waals surface area contributed by atoms with Crippen LogP contribution in [-0.2, 0) is 13.1 Å². The summed E-state index contributed by atoms with van der Waals surface area (Å²) in [5.41, 5.74) is 1.90. The van der Waals surface area contributed by atoms with Crippen molar-refractivity contribution in [3.63, 3.8) is 0 Å². The Balaban J connectivity index is 0.00000300. The number of ether oxygens (including phenoxy) is 1. The van der Waals surface area contributed by atoms with Crippen LogP contribution in [0.1, 0.15) is 11.3 Å². The highest BCUT2D eigenvalue weighted by molar-refractivity contribution is 14.0. The molecule has 0 spiro atoms. The van der Waals surface area contributed by atoms with Gasteiger partial charge in [0.1, 0.15) is 5.75 Å². The Morgan fingerprint density at radius 2 is 1.86 bits per heavy atom. The maximum atomic E-state index is 12.2. The first kappa shape index (κ1) is 22.8. The molecule has 5 nitrogen and oxygen atoms in total. The summed E-state index contributed by atoms with van der Waals surface area (Å²) >= 11 is 0. The summed E-state index contributed by atoms with van der Waals surface area (Å²) in [6.45, 7) is -1.71. The number of hydrogen-bond donors (Lipinski definition) is 1. The predicted molar refractivity (Wildman–Crippen MR) is 122 cm³/mol. The highest BCUT2D eigenvalue weighted by atomic mass is 127. The Hall–Kier alpha value is -2.49. The molecule has 2 aromatic carbocycles. The average molecular weight is 512 g/mol. The second-order valence-electron chi connectivity index (χ2n) is 6.26. The third kappa shape index (κ3) is 6.25. The Labute approximate surface area is 185 Å². The molecule has 0 aliphatic carbocycles. The van der Waals surface area contributed by atoms with Crippen LogP contribution in [0.4, 0.5) is 8.78 Å². The Kier molecular flexibility index (Phi) is 8.56. The molecular weight excluding hydrogens is 489 g/mol. The number of benzene rings is 2. The van der Waals surface area contributed by atoms with E-state index in [0.717, 1.165) is 22.0 Å². The molecule has 0 fully saturated rings. The van der Waals surface area contributed by atoms with Crippen molar-refractivity contribution in [1.29, 1.82) is 0 Å². The van der Waals surface area contributed by atoms with Gasteiger partial charge in [0.25, 0.3) is 0 Å². The van der Waals surface area contributed by atoms with E-state index >= 15 is 0 Å². The molecule has 0 aliphatic rings. The van der Waals surface area contributed by atoms with E-state index in [1.807, 2.05) is 30.1 Å². The molecular formula is C21H23F2IN4O. The first-order valence-corrected chi connectivity index (χ1v) is 8.85. The maximum absolute atomic E-state index is 12.2. The topological polar surface area (TPSA) is 49.8 Å². The lowest BCUT2D eigenvalue weighted by Crippen LogP contribution is -2.38. The minimum atomic E-state index is -2.82. The van der Waals surface area contributed by atoms with Crippen molar-refractivity contribution in [2.24, 2.45) is 4.99 Å². The Bertz CT molecular complexity index is 946. The molecule has 1 heterocycles. The van der Waals surface area contributed by atoms with Crippen molar-refractivity contribution >= 4 is 40.7 Å². The Morgan fingerprint density at radius 1 is 1.14 bits per heavy atom. The number of hydrogen-bond acceptors (Lipinski definition) is 3. The zero-order chi connectivity index (χ0) is 19.9. The van der Waals surface area contributed by atoms with Gasteiger partial charge in [0.2, 0.25) is 0 Å². The second-order valence-corrected chi connectivity index (χ2v) is 6.26. The fourth-order valence-electron chi connectivity index (χ4n) is 3.00. The van der Waals surface area contributed by atoms with Gasteiger partial charge in [-0.05, 0) is 29.1 Å². The number of fused-ring (bicyclic) bond motifs is 1. The highest BCUT2D eigenvalue weighted by Gasteiger charge is 2.09. The van der Waals surface area contributed by atoms with E-state index in [-0.39, 0.29) is 29.7 Å². The van der Waals surface area contributed by atoms with Gasteiger partial charge in [-0.1, -0.05) is 36.4 Å². The van der Waals surface area contributed by atoms with Gasteiger partial charge < -0.3 is 15.0 Å². The third-order valence-corrected chi connectivity index (χ3v) is 4.31. The highest BCUT2D eigenvalue weighted by Crippen LogP contribution is 2.17. The number of alkyl halides is 2. The van der Waals surface area contributed by atoms with E-state index in [4.69, 9.17) is 0 Å². The van der Waals surface area contributed by atoms with Crippen molar-refractivity contribution in [3.8, 4) is 5.75 Å². The average Bonchev–Trinajstić information content (AvgIpc) is 2.69. The molecule has 0 saturated carbocycles. The number of guanidine groups is 1. The molecule has 154 valence electrons. The van der Waals surface area contributed by atoms with Crippen molar-refractivity contribution < 1.29 is 13.5 Å². The standard InChI is InChI=1S/C21H22F2N4O.HI/c1-24-21(26-13-19-18-6-4-3-5-16(18)11-12-25-19)27(2)14-15-7-9-17(10-8-15)28-20(22)23;/h3-12,20H,13-14H2,1-2H3,(H,24,26);1H. The first-order valence-electron chi connectivity index (χ1n) is 8.85. The van der Waals surface area contributed by atoms with Crippen LogP contribution in [0, 0.1) is 0 Å². The molecule has 0 aliphatic heterocycles. The fraction of sp³-hybridized carbons (Fsp3) is 0.238. The molecule has 1 aromatic heterocycles. The predicted octanol–water partition coefficient (Wildman–Crippen LogP) is 4.66. The lowest BCUT2D eigenvalue weighted by molar-refractivity contribution is -0.0498. The van der Waals surface area contributed by atoms with Gasteiger partial charge in [-0.2, -0.15) is 8.78 Å². The van der Waals surface area contributed by atoms with Gasteiger partial charge in [0.05, 0.1) is 12.2 Å². The number of nitrogens with one attached hydrogen (secondary N) is 1. The SMILES string of the molecule is CN=C(NCc1nccc2ccccc12)N(C)Cc1ccc(OC(F)F)cc1.I. The van der Waals surface area contributed by atoms with E-state index in [2.05, 4.69) is 32.2 Å². The van der Waals surface area contributed by atoms with Gasteiger partial charge in [-0.3, -0.25) is 9.98 Å². The van der Waals surface area contributed by atoms with Crippen LogP contribution in [0.15, 0.2) is 65.8 Å². The molecule has 0 atom stereocenters. The monoisotopic (exact) mass is 512 g/mol. The summed E-state index contributed by atoms with van der Waals surface area (Å²) in [5, 5.41) is 5.57. The fourth-order valence-corrected chi connectivity index (χ4v) is 3.00. The van der Waals surface area contributed by atoms with Gasteiger partial charge in [0.15, 0.2) is 5.96 Å². The lowest BCUT2D eigenvalue weighted by Gasteiger charge is -2.22. The van der Waals surface area contributed by atoms with Crippen LogP contribution in [0.2, 0.25) is 0 Å². The molecule has 0 amide bonds. The molecule has 3 rings (SSSR count). The summed E-state index contributed by atoms with van der Waals surface area (Å²) < 4.78 is 28.9. The number of pyridine rings is 1. The Morgan fingerprint density at radius 3 is 2.55 bits per heavy atom. The molecule has 0 saturated heterocycles. The quantitative estimate of drug-likeness (QED) is 0.297. The van der Waals surface area contributed by atoms with Gasteiger partial charge in [-0.15, -0.1) is 24.0 Å². The lowest BCUT2D eigenvalue weighted by atomic mass is 10.1. The summed E-state index contributed by atoms with van der Waals surface area (Å²) in [7, 11) is 3.63. The number of rotatable bonds is 6.